The minimum atomic E-state index is -0.486. The van der Waals surface area contributed by atoms with E-state index in [2.05, 4.69) is 10.3 Å². The summed E-state index contributed by atoms with van der Waals surface area (Å²) in [6.07, 6.45) is 3.37. The van der Waals surface area contributed by atoms with Crippen LogP contribution in [0.1, 0.15) is 31.5 Å². The van der Waals surface area contributed by atoms with Gasteiger partial charge in [-0.15, -0.1) is 5.10 Å². The van der Waals surface area contributed by atoms with Crippen molar-refractivity contribution >= 4 is 17.3 Å². The Kier molecular flexibility index (Phi) is 4.31. The number of nitro benzene ring substituents is 1. The van der Waals surface area contributed by atoms with Crippen LogP contribution >= 0.6 is 11.6 Å². The van der Waals surface area contributed by atoms with Crippen molar-refractivity contribution in [2.75, 3.05) is 0 Å². The molecule has 0 bridgehead atoms. The highest BCUT2D eigenvalue weighted by atomic mass is 35.5. The van der Waals surface area contributed by atoms with E-state index in [4.69, 9.17) is 17.3 Å². The van der Waals surface area contributed by atoms with Crippen LogP contribution in [0.25, 0.3) is 5.69 Å². The van der Waals surface area contributed by atoms with Crippen LogP contribution in [0.4, 0.5) is 5.69 Å². The predicted molar refractivity (Wildman–Crippen MR) is 74.9 cm³/mol. The Balaban J connectivity index is 2.36. The molecule has 0 saturated carbocycles. The molecule has 0 aliphatic carbocycles. The zero-order chi connectivity index (χ0) is 14.7. The second-order valence-corrected chi connectivity index (χ2v) is 4.78. The van der Waals surface area contributed by atoms with Crippen molar-refractivity contribution < 1.29 is 4.92 Å². The molecule has 1 unspecified atom stereocenters. The van der Waals surface area contributed by atoms with E-state index >= 15 is 0 Å². The Morgan fingerprint density at radius 3 is 2.95 bits per heavy atom. The van der Waals surface area contributed by atoms with Crippen LogP contribution < -0.4 is 5.73 Å². The summed E-state index contributed by atoms with van der Waals surface area (Å²) in [5.41, 5.74) is 6.94. The molecule has 0 amide bonds. The molecule has 2 rings (SSSR count). The van der Waals surface area contributed by atoms with E-state index in [0.29, 0.717) is 16.4 Å². The van der Waals surface area contributed by atoms with Crippen molar-refractivity contribution in [1.82, 2.24) is 15.0 Å². The number of nitrogens with two attached hydrogens (primary N) is 1. The molecule has 1 heterocycles. The topological polar surface area (TPSA) is 99.9 Å². The molecule has 7 nitrogen and oxygen atoms in total. The molecule has 0 saturated heterocycles. The van der Waals surface area contributed by atoms with E-state index in [-0.39, 0.29) is 11.7 Å². The number of nitro groups is 1. The van der Waals surface area contributed by atoms with Crippen LogP contribution in [0.15, 0.2) is 24.4 Å². The van der Waals surface area contributed by atoms with Gasteiger partial charge in [-0.1, -0.05) is 30.2 Å². The fourth-order valence-corrected chi connectivity index (χ4v) is 2.02. The molecule has 0 spiro atoms. The molecule has 2 aromatic rings. The first kappa shape index (κ1) is 14.4. The van der Waals surface area contributed by atoms with E-state index in [1.807, 2.05) is 6.92 Å². The van der Waals surface area contributed by atoms with E-state index in [9.17, 15) is 10.1 Å². The van der Waals surface area contributed by atoms with Crippen molar-refractivity contribution in [2.24, 2.45) is 5.73 Å². The zero-order valence-corrected chi connectivity index (χ0v) is 11.6. The van der Waals surface area contributed by atoms with Crippen molar-refractivity contribution in [2.45, 2.75) is 25.8 Å². The monoisotopic (exact) mass is 295 g/mol. The average molecular weight is 296 g/mol. The Labute approximate surface area is 120 Å². The van der Waals surface area contributed by atoms with Crippen LogP contribution in [-0.2, 0) is 0 Å². The molecule has 106 valence electrons. The van der Waals surface area contributed by atoms with Gasteiger partial charge in [0.15, 0.2) is 0 Å². The van der Waals surface area contributed by atoms with E-state index < -0.39 is 4.92 Å². The number of hydrogen-bond donors (Lipinski definition) is 1. The molecule has 0 fully saturated rings. The first-order chi connectivity index (χ1) is 9.52. The molecule has 1 atom stereocenters. The molecule has 0 radical (unpaired) electrons. The fraction of sp³-hybridized carbons (Fsp3) is 0.333. The first-order valence-electron chi connectivity index (χ1n) is 6.15. The summed E-state index contributed by atoms with van der Waals surface area (Å²) in [5.74, 6) is 0. The van der Waals surface area contributed by atoms with Crippen LogP contribution in [0.5, 0.6) is 0 Å². The number of rotatable bonds is 5. The molecule has 2 N–H and O–H groups in total. The highest BCUT2D eigenvalue weighted by Gasteiger charge is 2.15. The standard InChI is InChI=1S/C12H14ClN5O2/c1-2-3-10(14)11-7-17(16-15-11)12-6-8(18(19)20)4-5-9(12)13/h4-7,10H,2-3,14H2,1H3. The van der Waals surface area contributed by atoms with Crippen LogP contribution in [0, 0.1) is 10.1 Å². The quantitative estimate of drug-likeness (QED) is 0.675. The maximum absolute atomic E-state index is 10.8. The lowest BCUT2D eigenvalue weighted by atomic mass is 10.1. The lowest BCUT2D eigenvalue weighted by Crippen LogP contribution is -2.10. The number of benzene rings is 1. The summed E-state index contributed by atoms with van der Waals surface area (Å²) >= 11 is 6.04. The van der Waals surface area contributed by atoms with Gasteiger partial charge in [-0.2, -0.15) is 0 Å². The third-order valence-corrected chi connectivity index (χ3v) is 3.20. The van der Waals surface area contributed by atoms with Crippen LogP contribution in [0.3, 0.4) is 0 Å². The Morgan fingerprint density at radius 1 is 1.55 bits per heavy atom. The summed E-state index contributed by atoms with van der Waals surface area (Å²) < 4.78 is 1.40. The molecule has 8 heteroatoms. The molecular formula is C12H14ClN5O2. The summed E-state index contributed by atoms with van der Waals surface area (Å²) in [6, 6.07) is 3.95. The number of non-ortho nitro benzene ring substituents is 1. The predicted octanol–water partition coefficient (Wildman–Crippen LogP) is 2.63. The minimum absolute atomic E-state index is 0.0562. The number of hydrogen-bond acceptors (Lipinski definition) is 5. The van der Waals surface area contributed by atoms with Gasteiger partial charge in [-0.05, 0) is 12.5 Å². The second kappa shape index (κ2) is 5.98. The van der Waals surface area contributed by atoms with Gasteiger partial charge in [0.1, 0.15) is 0 Å². The molecule has 0 aliphatic rings. The molecule has 1 aromatic carbocycles. The summed E-state index contributed by atoms with van der Waals surface area (Å²) in [4.78, 5) is 10.3. The van der Waals surface area contributed by atoms with Crippen molar-refractivity contribution in [3.63, 3.8) is 0 Å². The SMILES string of the molecule is CCCC(N)c1cn(-c2cc([N+](=O)[O-])ccc2Cl)nn1. The smallest absolute Gasteiger partial charge is 0.271 e. The highest BCUT2D eigenvalue weighted by Crippen LogP contribution is 2.25. The minimum Gasteiger partial charge on any atom is -0.323 e. The van der Waals surface area contributed by atoms with Gasteiger partial charge < -0.3 is 5.73 Å². The lowest BCUT2D eigenvalue weighted by molar-refractivity contribution is -0.384. The largest absolute Gasteiger partial charge is 0.323 e. The summed E-state index contributed by atoms with van der Waals surface area (Å²) in [7, 11) is 0. The van der Waals surface area contributed by atoms with Crippen LogP contribution in [-0.4, -0.2) is 19.9 Å². The first-order valence-corrected chi connectivity index (χ1v) is 6.53. The molecule has 20 heavy (non-hydrogen) atoms. The van der Waals surface area contributed by atoms with Gasteiger partial charge >= 0.3 is 0 Å². The van der Waals surface area contributed by atoms with Crippen LogP contribution in [0.2, 0.25) is 5.02 Å². The average Bonchev–Trinajstić information content (AvgIpc) is 2.88. The zero-order valence-electron chi connectivity index (χ0n) is 10.9. The molecular weight excluding hydrogens is 282 g/mol. The van der Waals surface area contributed by atoms with Gasteiger partial charge in [0, 0.05) is 12.1 Å². The van der Waals surface area contributed by atoms with E-state index in [1.54, 1.807) is 6.20 Å². The van der Waals surface area contributed by atoms with E-state index in [0.717, 1.165) is 12.8 Å². The van der Waals surface area contributed by atoms with Gasteiger partial charge in [-0.25, -0.2) is 4.68 Å². The Hall–Kier alpha value is -1.99. The lowest BCUT2D eigenvalue weighted by Gasteiger charge is -2.05. The molecule has 1 aromatic heterocycles. The third-order valence-electron chi connectivity index (χ3n) is 2.88. The van der Waals surface area contributed by atoms with Gasteiger partial charge in [-0.3, -0.25) is 10.1 Å². The normalized spacial score (nSPS) is 12.3. The maximum Gasteiger partial charge on any atom is 0.271 e. The number of nitrogens with zero attached hydrogens (tertiary/aromatic N) is 4. The van der Waals surface area contributed by atoms with Crippen molar-refractivity contribution in [3.8, 4) is 5.69 Å². The fourth-order valence-electron chi connectivity index (χ4n) is 1.81. The Morgan fingerprint density at radius 2 is 2.30 bits per heavy atom. The third kappa shape index (κ3) is 2.94. The Bertz CT molecular complexity index is 628. The summed E-state index contributed by atoms with van der Waals surface area (Å²) in [5, 5.41) is 19.1. The van der Waals surface area contributed by atoms with E-state index in [1.165, 1.54) is 22.9 Å². The van der Waals surface area contributed by atoms with Gasteiger partial charge in [0.2, 0.25) is 0 Å². The summed E-state index contributed by atoms with van der Waals surface area (Å²) in [6.45, 7) is 2.03. The highest BCUT2D eigenvalue weighted by molar-refractivity contribution is 6.32. The van der Waals surface area contributed by atoms with Crippen molar-refractivity contribution in [3.05, 3.63) is 45.2 Å². The second-order valence-electron chi connectivity index (χ2n) is 4.38. The van der Waals surface area contributed by atoms with Gasteiger partial charge in [0.05, 0.1) is 33.6 Å². The number of aromatic nitrogens is 3. The van der Waals surface area contributed by atoms with Crippen molar-refractivity contribution in [1.29, 1.82) is 0 Å². The molecule has 0 aliphatic heterocycles. The van der Waals surface area contributed by atoms with Gasteiger partial charge in [0.25, 0.3) is 5.69 Å². The maximum atomic E-state index is 10.8. The number of halogens is 1.